The van der Waals surface area contributed by atoms with Crippen molar-refractivity contribution < 1.29 is 8.60 Å². The first-order chi connectivity index (χ1) is 8.15. The fourth-order valence-electron chi connectivity index (χ4n) is 1.60. The number of hydrogen-bond donors (Lipinski definition) is 1. The van der Waals surface area contributed by atoms with E-state index in [2.05, 4.69) is 6.92 Å². The largest absolute Gasteiger partial charge is 0.396 e. The van der Waals surface area contributed by atoms with Crippen LogP contribution < -0.4 is 5.73 Å². The van der Waals surface area contributed by atoms with Gasteiger partial charge in [0.1, 0.15) is 5.82 Å². The summed E-state index contributed by atoms with van der Waals surface area (Å²) >= 11 is 0. The lowest BCUT2D eigenvalue weighted by Gasteiger charge is -2.04. The number of unbranched alkanes of at least 4 members (excludes halogenated alkanes) is 4. The third kappa shape index (κ3) is 4.86. The number of anilines is 1. The van der Waals surface area contributed by atoms with Crippen molar-refractivity contribution in [2.45, 2.75) is 43.9 Å². The molecule has 0 heterocycles. The van der Waals surface area contributed by atoms with Crippen molar-refractivity contribution in [3.05, 3.63) is 24.0 Å². The number of halogens is 1. The first kappa shape index (κ1) is 14.2. The second-order valence-corrected chi connectivity index (χ2v) is 5.72. The van der Waals surface area contributed by atoms with E-state index in [4.69, 9.17) is 5.73 Å². The van der Waals surface area contributed by atoms with E-state index in [0.29, 0.717) is 10.6 Å². The van der Waals surface area contributed by atoms with E-state index in [1.54, 1.807) is 6.07 Å². The number of hydrogen-bond acceptors (Lipinski definition) is 2. The first-order valence-electron chi connectivity index (χ1n) is 6.08. The number of nitrogen functional groups attached to an aromatic ring is 1. The zero-order chi connectivity index (χ0) is 12.7. The smallest absolute Gasteiger partial charge is 0.147 e. The van der Waals surface area contributed by atoms with Gasteiger partial charge in [-0.3, -0.25) is 4.21 Å². The maximum absolute atomic E-state index is 13.2. The number of nitrogens with two attached hydrogens (primary N) is 1. The maximum Gasteiger partial charge on any atom is 0.147 e. The highest BCUT2D eigenvalue weighted by molar-refractivity contribution is 7.85. The van der Waals surface area contributed by atoms with Crippen molar-refractivity contribution in [3.63, 3.8) is 0 Å². The van der Waals surface area contributed by atoms with Crippen LogP contribution in [0.4, 0.5) is 10.1 Å². The summed E-state index contributed by atoms with van der Waals surface area (Å²) in [5.74, 6) is 0.120. The maximum atomic E-state index is 13.2. The molecular weight excluding hydrogens is 237 g/mol. The average molecular weight is 257 g/mol. The summed E-state index contributed by atoms with van der Waals surface area (Å²) in [6.45, 7) is 2.16. The molecule has 1 aromatic rings. The normalized spacial score (nSPS) is 12.6. The molecule has 1 unspecified atom stereocenters. The summed E-state index contributed by atoms with van der Waals surface area (Å²) in [6.07, 6.45) is 5.63. The van der Waals surface area contributed by atoms with Crippen LogP contribution in [0, 0.1) is 5.82 Å². The fourth-order valence-corrected chi connectivity index (χ4v) is 2.76. The molecular formula is C13H20FNOS. The number of rotatable bonds is 7. The lowest BCUT2D eigenvalue weighted by molar-refractivity contribution is 0.626. The zero-order valence-electron chi connectivity index (χ0n) is 10.2. The predicted octanol–water partition coefficient (Wildman–Crippen LogP) is 3.49. The van der Waals surface area contributed by atoms with Gasteiger partial charge in [0.2, 0.25) is 0 Å². The molecule has 0 bridgehead atoms. The van der Waals surface area contributed by atoms with Crippen molar-refractivity contribution >= 4 is 16.5 Å². The third-order valence-electron chi connectivity index (χ3n) is 2.67. The van der Waals surface area contributed by atoms with Crippen LogP contribution in [-0.4, -0.2) is 9.96 Å². The lowest BCUT2D eigenvalue weighted by atomic mass is 10.2. The van der Waals surface area contributed by atoms with Gasteiger partial charge in [-0.15, -0.1) is 0 Å². The highest BCUT2D eigenvalue weighted by atomic mass is 32.2. The standard InChI is InChI=1S/C13H20FNOS/c1-2-3-4-5-6-9-17(16)11-7-8-13(15)12(14)10-11/h7-8,10H,2-6,9,15H2,1H3. The molecule has 0 aliphatic rings. The molecule has 0 amide bonds. The van der Waals surface area contributed by atoms with E-state index < -0.39 is 16.6 Å². The molecule has 17 heavy (non-hydrogen) atoms. The average Bonchev–Trinajstić information content (AvgIpc) is 2.32. The monoisotopic (exact) mass is 257 g/mol. The molecule has 4 heteroatoms. The predicted molar refractivity (Wildman–Crippen MR) is 70.8 cm³/mol. The van der Waals surface area contributed by atoms with Gasteiger partial charge in [0.25, 0.3) is 0 Å². The molecule has 0 saturated heterocycles. The van der Waals surface area contributed by atoms with Gasteiger partial charge in [0.05, 0.1) is 16.5 Å². The Morgan fingerprint density at radius 3 is 2.59 bits per heavy atom. The van der Waals surface area contributed by atoms with Gasteiger partial charge >= 0.3 is 0 Å². The van der Waals surface area contributed by atoms with Gasteiger partial charge in [0, 0.05) is 10.6 Å². The summed E-state index contributed by atoms with van der Waals surface area (Å²) in [5.41, 5.74) is 5.48. The Morgan fingerprint density at radius 1 is 1.24 bits per heavy atom. The Bertz CT molecular complexity index is 382. The van der Waals surface area contributed by atoms with Crippen LogP contribution in [0.15, 0.2) is 23.1 Å². The Hall–Kier alpha value is -0.900. The molecule has 2 nitrogen and oxygen atoms in total. The molecule has 0 aliphatic carbocycles. The topological polar surface area (TPSA) is 43.1 Å². The summed E-state index contributed by atoms with van der Waals surface area (Å²) in [5, 5.41) is 0. The minimum Gasteiger partial charge on any atom is -0.396 e. The Labute approximate surface area is 105 Å². The molecule has 0 spiro atoms. The molecule has 0 aromatic heterocycles. The lowest BCUT2D eigenvalue weighted by Crippen LogP contribution is -2.00. The second-order valence-electron chi connectivity index (χ2n) is 4.15. The van der Waals surface area contributed by atoms with Crippen LogP contribution >= 0.6 is 0 Å². The second kappa shape index (κ2) is 7.43. The highest BCUT2D eigenvalue weighted by Crippen LogP contribution is 2.16. The van der Waals surface area contributed by atoms with Crippen LogP contribution in [0.1, 0.15) is 39.0 Å². The Balaban J connectivity index is 2.39. The molecule has 1 atom stereocenters. The van der Waals surface area contributed by atoms with Gasteiger partial charge in [-0.05, 0) is 24.6 Å². The van der Waals surface area contributed by atoms with E-state index in [1.165, 1.54) is 31.4 Å². The Morgan fingerprint density at radius 2 is 1.94 bits per heavy atom. The molecule has 1 rings (SSSR count). The summed E-state index contributed by atoms with van der Waals surface area (Å²) < 4.78 is 25.0. The minimum atomic E-state index is -1.10. The molecule has 0 aliphatic heterocycles. The van der Waals surface area contributed by atoms with Gasteiger partial charge < -0.3 is 5.73 Å². The SMILES string of the molecule is CCCCCCCS(=O)c1ccc(N)c(F)c1. The van der Waals surface area contributed by atoms with Crippen LogP contribution in [0.3, 0.4) is 0 Å². The minimum absolute atomic E-state index is 0.105. The molecule has 0 radical (unpaired) electrons. The van der Waals surface area contributed by atoms with E-state index in [-0.39, 0.29) is 5.69 Å². The molecule has 96 valence electrons. The fraction of sp³-hybridized carbons (Fsp3) is 0.538. The molecule has 2 N–H and O–H groups in total. The van der Waals surface area contributed by atoms with Gasteiger partial charge in [-0.25, -0.2) is 4.39 Å². The van der Waals surface area contributed by atoms with Gasteiger partial charge in [0.15, 0.2) is 0 Å². The van der Waals surface area contributed by atoms with Crippen LogP contribution in [0.25, 0.3) is 0 Å². The van der Waals surface area contributed by atoms with E-state index in [9.17, 15) is 8.60 Å². The first-order valence-corrected chi connectivity index (χ1v) is 7.40. The van der Waals surface area contributed by atoms with Crippen LogP contribution in [0.2, 0.25) is 0 Å². The van der Waals surface area contributed by atoms with E-state index in [1.807, 2.05) is 0 Å². The number of benzene rings is 1. The molecule has 1 aromatic carbocycles. The van der Waals surface area contributed by atoms with Crippen molar-refractivity contribution in [1.82, 2.24) is 0 Å². The van der Waals surface area contributed by atoms with E-state index in [0.717, 1.165) is 12.8 Å². The van der Waals surface area contributed by atoms with Crippen LogP contribution in [-0.2, 0) is 10.8 Å². The van der Waals surface area contributed by atoms with E-state index >= 15 is 0 Å². The van der Waals surface area contributed by atoms with Crippen molar-refractivity contribution in [3.8, 4) is 0 Å². The molecule has 0 fully saturated rings. The summed E-state index contributed by atoms with van der Waals surface area (Å²) in [7, 11) is -1.10. The van der Waals surface area contributed by atoms with Gasteiger partial charge in [-0.2, -0.15) is 0 Å². The van der Waals surface area contributed by atoms with Crippen molar-refractivity contribution in [2.75, 3.05) is 11.5 Å². The van der Waals surface area contributed by atoms with Crippen LogP contribution in [0.5, 0.6) is 0 Å². The third-order valence-corrected chi connectivity index (χ3v) is 4.11. The molecule has 0 saturated carbocycles. The van der Waals surface area contributed by atoms with Crippen molar-refractivity contribution in [1.29, 1.82) is 0 Å². The summed E-state index contributed by atoms with van der Waals surface area (Å²) in [4.78, 5) is 0.534. The summed E-state index contributed by atoms with van der Waals surface area (Å²) in [6, 6.07) is 4.39. The van der Waals surface area contributed by atoms with Crippen molar-refractivity contribution in [2.24, 2.45) is 0 Å². The quantitative estimate of drug-likeness (QED) is 0.600. The Kier molecular flexibility index (Phi) is 6.19. The highest BCUT2D eigenvalue weighted by Gasteiger charge is 2.06. The van der Waals surface area contributed by atoms with Gasteiger partial charge in [-0.1, -0.05) is 32.6 Å². The zero-order valence-corrected chi connectivity index (χ0v) is 11.1.